The van der Waals surface area contributed by atoms with Gasteiger partial charge in [0.2, 0.25) is 11.5 Å². The number of fused-ring (bicyclic) bond motifs is 1. The second-order valence-corrected chi connectivity index (χ2v) is 5.32. The fourth-order valence-corrected chi connectivity index (χ4v) is 2.47. The minimum absolute atomic E-state index is 0.547. The van der Waals surface area contributed by atoms with Crippen LogP contribution >= 0.6 is 0 Å². The van der Waals surface area contributed by atoms with Crippen molar-refractivity contribution in [2.45, 2.75) is 19.8 Å². The highest BCUT2D eigenvalue weighted by molar-refractivity contribution is 5.56. The zero-order valence-electron chi connectivity index (χ0n) is 11.8. The highest BCUT2D eigenvalue weighted by Crippen LogP contribution is 2.20. The monoisotopic (exact) mass is 255 g/mol. The van der Waals surface area contributed by atoms with Gasteiger partial charge in [-0.05, 0) is 12.0 Å². The van der Waals surface area contributed by atoms with Crippen molar-refractivity contribution in [1.29, 1.82) is 0 Å². The second kappa shape index (κ2) is 4.23. The van der Waals surface area contributed by atoms with Crippen molar-refractivity contribution in [3.8, 4) is 11.4 Å². The first kappa shape index (κ1) is 12.0. The Morgan fingerprint density at radius 2 is 2.05 bits per heavy atom. The van der Waals surface area contributed by atoms with E-state index >= 15 is 0 Å². The molecule has 0 saturated carbocycles. The molecule has 3 aromatic rings. The summed E-state index contributed by atoms with van der Waals surface area (Å²) in [4.78, 5) is 4.36. The van der Waals surface area contributed by atoms with E-state index in [1.54, 1.807) is 0 Å². The molecule has 0 aliphatic heterocycles. The summed E-state index contributed by atoms with van der Waals surface area (Å²) in [7, 11) is 4.14. The number of hydrogen-bond acceptors (Lipinski definition) is 1. The Bertz CT molecular complexity index is 734. The third-order valence-corrected chi connectivity index (χ3v) is 3.66. The van der Waals surface area contributed by atoms with Gasteiger partial charge >= 0.3 is 0 Å². The average Bonchev–Trinajstić information content (AvgIpc) is 2.93. The lowest BCUT2D eigenvalue weighted by molar-refractivity contribution is -0.661. The number of imidazole rings is 2. The van der Waals surface area contributed by atoms with Crippen molar-refractivity contribution < 1.29 is 4.57 Å². The maximum absolute atomic E-state index is 4.36. The fraction of sp³-hybridized carbons (Fsp3) is 0.333. The lowest BCUT2D eigenvalue weighted by Crippen LogP contribution is -2.32. The van der Waals surface area contributed by atoms with Gasteiger partial charge in [0.05, 0.1) is 0 Å². The van der Waals surface area contributed by atoms with Gasteiger partial charge in [-0.25, -0.2) is 4.98 Å². The van der Waals surface area contributed by atoms with Gasteiger partial charge in [0.1, 0.15) is 12.7 Å². The number of rotatable bonds is 2. The minimum Gasteiger partial charge on any atom is -0.308 e. The third kappa shape index (κ3) is 1.84. The van der Waals surface area contributed by atoms with Crippen LogP contribution in [0.15, 0.2) is 36.9 Å². The first-order valence-electron chi connectivity index (χ1n) is 6.56. The molecule has 0 aromatic carbocycles. The summed E-state index contributed by atoms with van der Waals surface area (Å²) >= 11 is 0. The van der Waals surface area contributed by atoms with Crippen LogP contribution in [0.3, 0.4) is 0 Å². The van der Waals surface area contributed by atoms with Crippen LogP contribution in [0.25, 0.3) is 17.2 Å². The van der Waals surface area contributed by atoms with E-state index in [0.29, 0.717) is 5.92 Å². The molecule has 19 heavy (non-hydrogen) atoms. The predicted octanol–water partition coefficient (Wildman–Crippen LogP) is 2.29. The molecule has 0 atom stereocenters. The van der Waals surface area contributed by atoms with Crippen LogP contribution in [0, 0.1) is 0 Å². The summed E-state index contributed by atoms with van der Waals surface area (Å²) in [5, 5.41) is 0. The molecule has 0 radical (unpaired) electrons. The van der Waals surface area contributed by atoms with Crippen molar-refractivity contribution in [2.75, 3.05) is 0 Å². The number of pyridine rings is 1. The van der Waals surface area contributed by atoms with Gasteiger partial charge in [0.25, 0.3) is 0 Å². The Morgan fingerprint density at radius 1 is 1.26 bits per heavy atom. The summed E-state index contributed by atoms with van der Waals surface area (Å²) in [5.41, 5.74) is 3.71. The molecule has 0 unspecified atom stereocenters. The molecule has 0 bridgehead atoms. The highest BCUT2D eigenvalue weighted by Gasteiger charge is 2.17. The van der Waals surface area contributed by atoms with Crippen molar-refractivity contribution in [1.82, 2.24) is 14.0 Å². The largest absolute Gasteiger partial charge is 0.308 e. The Balaban J connectivity index is 2.16. The molecule has 3 heterocycles. The normalized spacial score (nSPS) is 11.6. The molecule has 4 nitrogen and oxygen atoms in total. The Labute approximate surface area is 112 Å². The van der Waals surface area contributed by atoms with Crippen LogP contribution in [0.4, 0.5) is 0 Å². The van der Waals surface area contributed by atoms with E-state index in [1.807, 2.05) is 23.8 Å². The Hall–Kier alpha value is -2.10. The first-order valence-corrected chi connectivity index (χ1v) is 6.56. The van der Waals surface area contributed by atoms with Gasteiger partial charge in [0.15, 0.2) is 6.20 Å². The van der Waals surface area contributed by atoms with Gasteiger partial charge in [-0.1, -0.05) is 13.8 Å². The third-order valence-electron chi connectivity index (χ3n) is 3.66. The molecular weight excluding hydrogens is 236 g/mol. The molecule has 4 heteroatoms. The zero-order chi connectivity index (χ0) is 13.6. The van der Waals surface area contributed by atoms with Crippen LogP contribution in [0.1, 0.15) is 25.3 Å². The molecule has 0 spiro atoms. The average molecular weight is 255 g/mol. The van der Waals surface area contributed by atoms with Gasteiger partial charge in [-0.15, -0.1) is 0 Å². The van der Waals surface area contributed by atoms with Crippen LogP contribution in [-0.4, -0.2) is 14.0 Å². The standard InChI is InChI=1S/C15H19N4/c1-11(2)12-5-6-13(17(3)9-12)14-10-19-8-7-16-15(19)18(14)4/h5-11H,1-4H3/q+1. The summed E-state index contributed by atoms with van der Waals surface area (Å²) in [6.07, 6.45) is 8.12. The quantitative estimate of drug-likeness (QED) is 0.645. The van der Waals surface area contributed by atoms with Crippen molar-refractivity contribution in [2.24, 2.45) is 14.1 Å². The fourth-order valence-electron chi connectivity index (χ4n) is 2.47. The lowest BCUT2D eigenvalue weighted by Gasteiger charge is -2.06. The van der Waals surface area contributed by atoms with Gasteiger partial charge in [-0.3, -0.25) is 4.40 Å². The molecule has 3 rings (SSSR count). The van der Waals surface area contributed by atoms with Crippen LogP contribution in [0.2, 0.25) is 0 Å². The first-order chi connectivity index (χ1) is 9.08. The SMILES string of the molecule is CC(C)c1ccc(-c2cn3ccnc3n2C)[n+](C)c1. The van der Waals surface area contributed by atoms with E-state index in [9.17, 15) is 0 Å². The predicted molar refractivity (Wildman–Crippen MR) is 74.9 cm³/mol. The number of aryl methyl sites for hydroxylation is 2. The van der Waals surface area contributed by atoms with Crippen LogP contribution in [0.5, 0.6) is 0 Å². The topological polar surface area (TPSA) is 26.1 Å². The maximum Gasteiger partial charge on any atom is 0.230 e. The smallest absolute Gasteiger partial charge is 0.230 e. The van der Waals surface area contributed by atoms with E-state index in [1.165, 1.54) is 17.0 Å². The number of aromatic nitrogens is 4. The number of nitrogens with zero attached hydrogens (tertiary/aromatic N) is 4. The Kier molecular flexibility index (Phi) is 2.66. The summed E-state index contributed by atoms with van der Waals surface area (Å²) in [6, 6.07) is 4.39. The molecule has 0 fully saturated rings. The minimum atomic E-state index is 0.547. The van der Waals surface area contributed by atoms with Crippen molar-refractivity contribution in [3.63, 3.8) is 0 Å². The van der Waals surface area contributed by atoms with E-state index < -0.39 is 0 Å². The summed E-state index contributed by atoms with van der Waals surface area (Å²) in [5.74, 6) is 1.51. The highest BCUT2D eigenvalue weighted by atomic mass is 15.2. The van der Waals surface area contributed by atoms with E-state index in [4.69, 9.17) is 0 Å². The Morgan fingerprint density at radius 3 is 2.68 bits per heavy atom. The van der Waals surface area contributed by atoms with E-state index in [2.05, 4.69) is 59.5 Å². The molecule has 0 saturated heterocycles. The zero-order valence-corrected chi connectivity index (χ0v) is 11.8. The molecular formula is C15H19N4+. The van der Waals surface area contributed by atoms with Gasteiger partial charge in [0, 0.05) is 37.3 Å². The lowest BCUT2D eigenvalue weighted by atomic mass is 10.1. The van der Waals surface area contributed by atoms with E-state index in [0.717, 1.165) is 5.78 Å². The second-order valence-electron chi connectivity index (χ2n) is 5.32. The van der Waals surface area contributed by atoms with Crippen molar-refractivity contribution in [3.05, 3.63) is 42.5 Å². The van der Waals surface area contributed by atoms with E-state index in [-0.39, 0.29) is 0 Å². The van der Waals surface area contributed by atoms with Crippen molar-refractivity contribution >= 4 is 5.78 Å². The summed E-state index contributed by atoms with van der Waals surface area (Å²) < 4.78 is 6.35. The van der Waals surface area contributed by atoms with Gasteiger partial charge < -0.3 is 4.57 Å². The molecule has 3 aromatic heterocycles. The number of hydrogen-bond donors (Lipinski definition) is 0. The van der Waals surface area contributed by atoms with Crippen LogP contribution < -0.4 is 4.57 Å². The molecule has 98 valence electrons. The molecule has 0 aliphatic rings. The van der Waals surface area contributed by atoms with Crippen LogP contribution in [-0.2, 0) is 14.1 Å². The molecule has 0 amide bonds. The van der Waals surface area contributed by atoms with Gasteiger partial charge in [-0.2, -0.15) is 4.57 Å². The molecule has 0 N–H and O–H groups in total. The maximum atomic E-state index is 4.36. The molecule has 0 aliphatic carbocycles. The summed E-state index contributed by atoms with van der Waals surface area (Å²) in [6.45, 7) is 4.43.